The topological polar surface area (TPSA) is 12.0 Å². The lowest BCUT2D eigenvalue weighted by Gasteiger charge is -2.13. The third-order valence-electron chi connectivity index (χ3n) is 3.33. The van der Waals surface area contributed by atoms with E-state index >= 15 is 0 Å². The smallest absolute Gasteiger partial charge is 0.0484 e. The zero-order valence-corrected chi connectivity index (χ0v) is 12.6. The van der Waals surface area contributed by atoms with Crippen LogP contribution in [-0.4, -0.2) is 7.05 Å². The summed E-state index contributed by atoms with van der Waals surface area (Å²) in [6, 6.07) is 12.2. The van der Waals surface area contributed by atoms with E-state index in [-0.39, 0.29) is 0 Å². The molecule has 0 aromatic heterocycles. The van der Waals surface area contributed by atoms with Crippen LogP contribution in [-0.2, 0) is 0 Å². The van der Waals surface area contributed by atoms with Gasteiger partial charge in [-0.3, -0.25) is 0 Å². The summed E-state index contributed by atoms with van der Waals surface area (Å²) in [5, 5.41) is 3.84. The van der Waals surface area contributed by atoms with Crippen molar-refractivity contribution < 1.29 is 0 Å². The molecule has 2 aromatic carbocycles. The Morgan fingerprint density at radius 2 is 1.95 bits per heavy atom. The molecule has 1 nitrogen and oxygen atoms in total. The van der Waals surface area contributed by atoms with Crippen LogP contribution >= 0.6 is 11.6 Å². The van der Waals surface area contributed by atoms with Gasteiger partial charge >= 0.3 is 0 Å². The average Bonchev–Trinajstić information content (AvgIpc) is 2.48. The van der Waals surface area contributed by atoms with Crippen LogP contribution in [0.25, 0.3) is 22.9 Å². The maximum Gasteiger partial charge on any atom is 0.0484 e. The normalized spacial score (nSPS) is 10.2. The summed E-state index contributed by atoms with van der Waals surface area (Å²) >= 11 is 6.31. The summed E-state index contributed by atoms with van der Waals surface area (Å²) in [5.41, 5.74) is 6.26. The van der Waals surface area contributed by atoms with Crippen molar-refractivity contribution in [3.8, 4) is 11.1 Å². The van der Waals surface area contributed by atoms with Crippen LogP contribution in [0.3, 0.4) is 0 Å². The van der Waals surface area contributed by atoms with Gasteiger partial charge in [-0.2, -0.15) is 0 Å². The molecule has 20 heavy (non-hydrogen) atoms. The molecule has 1 N–H and O–H groups in total. The van der Waals surface area contributed by atoms with Crippen molar-refractivity contribution in [3.63, 3.8) is 0 Å². The van der Waals surface area contributed by atoms with Gasteiger partial charge in [0.2, 0.25) is 0 Å². The van der Waals surface area contributed by atoms with E-state index in [0.29, 0.717) is 0 Å². The highest BCUT2D eigenvalue weighted by Crippen LogP contribution is 2.31. The Bertz CT molecular complexity index is 671. The maximum absolute atomic E-state index is 6.31. The van der Waals surface area contributed by atoms with Crippen molar-refractivity contribution in [2.24, 2.45) is 0 Å². The molecule has 0 heterocycles. The Hall–Kier alpha value is -1.99. The summed E-state index contributed by atoms with van der Waals surface area (Å²) < 4.78 is 0. The Morgan fingerprint density at radius 1 is 1.20 bits per heavy atom. The molecule has 0 amide bonds. The first-order valence-electron chi connectivity index (χ1n) is 6.47. The summed E-state index contributed by atoms with van der Waals surface area (Å²) in [6.07, 6.45) is 1.83. The van der Waals surface area contributed by atoms with Crippen molar-refractivity contribution in [1.29, 1.82) is 0 Å². The van der Waals surface area contributed by atoms with Crippen LogP contribution < -0.4 is 5.32 Å². The lowest BCUT2D eigenvalue weighted by Crippen LogP contribution is -2.04. The van der Waals surface area contributed by atoms with Gasteiger partial charge in [-0.25, -0.2) is 0 Å². The predicted octanol–water partition coefficient (Wildman–Crippen LogP) is 5.15. The van der Waals surface area contributed by atoms with E-state index in [1.54, 1.807) is 0 Å². The van der Waals surface area contributed by atoms with Crippen LogP contribution in [0.2, 0.25) is 5.02 Å². The van der Waals surface area contributed by atoms with Gasteiger partial charge < -0.3 is 5.32 Å². The maximum atomic E-state index is 6.31. The molecule has 0 bridgehead atoms. The standard InChI is InChI=1S/C18H18ClN/c1-5-14-7-8-15(11-16(14)13(3)20-4)17-10-12(2)6-9-18(17)19/h5-11,20H,1,3H2,2,4H3. The quantitative estimate of drug-likeness (QED) is 0.818. The van der Waals surface area contributed by atoms with E-state index in [1.807, 2.05) is 31.3 Å². The van der Waals surface area contributed by atoms with Crippen LogP contribution in [0.1, 0.15) is 16.7 Å². The number of hydrogen-bond donors (Lipinski definition) is 1. The number of aryl methyl sites for hydroxylation is 1. The van der Waals surface area contributed by atoms with Gasteiger partial charge in [-0.15, -0.1) is 0 Å². The minimum Gasteiger partial charge on any atom is -0.388 e. The first-order chi connectivity index (χ1) is 9.56. The Kier molecular flexibility index (Phi) is 4.31. The summed E-state index contributed by atoms with van der Waals surface area (Å²) in [4.78, 5) is 0. The Morgan fingerprint density at radius 3 is 2.60 bits per heavy atom. The fourth-order valence-corrected chi connectivity index (χ4v) is 2.38. The van der Waals surface area contributed by atoms with E-state index in [2.05, 4.69) is 43.6 Å². The van der Waals surface area contributed by atoms with Crippen LogP contribution in [0.5, 0.6) is 0 Å². The van der Waals surface area contributed by atoms with Crippen molar-refractivity contribution in [2.45, 2.75) is 6.92 Å². The second-order valence-electron chi connectivity index (χ2n) is 4.72. The largest absolute Gasteiger partial charge is 0.388 e. The second-order valence-corrected chi connectivity index (χ2v) is 5.13. The van der Waals surface area contributed by atoms with Crippen molar-refractivity contribution >= 4 is 23.4 Å². The third-order valence-corrected chi connectivity index (χ3v) is 3.66. The van der Waals surface area contributed by atoms with E-state index in [0.717, 1.165) is 33.0 Å². The fourth-order valence-electron chi connectivity index (χ4n) is 2.16. The lowest BCUT2D eigenvalue weighted by atomic mass is 9.96. The average molecular weight is 284 g/mol. The van der Waals surface area contributed by atoms with Crippen LogP contribution in [0.15, 0.2) is 49.6 Å². The van der Waals surface area contributed by atoms with Crippen molar-refractivity contribution in [2.75, 3.05) is 7.05 Å². The highest BCUT2D eigenvalue weighted by molar-refractivity contribution is 6.33. The van der Waals surface area contributed by atoms with Gasteiger partial charge in [0.15, 0.2) is 0 Å². The molecule has 2 heteroatoms. The molecule has 0 atom stereocenters. The number of benzene rings is 2. The van der Waals surface area contributed by atoms with Gasteiger partial charge in [0.1, 0.15) is 0 Å². The summed E-state index contributed by atoms with van der Waals surface area (Å²) in [5.74, 6) is 0. The summed E-state index contributed by atoms with van der Waals surface area (Å²) in [6.45, 7) is 9.94. The highest BCUT2D eigenvalue weighted by atomic mass is 35.5. The minimum absolute atomic E-state index is 0.753. The SMILES string of the molecule is C=Cc1ccc(-c2cc(C)ccc2Cl)cc1C(=C)NC. The third kappa shape index (κ3) is 2.78. The summed E-state index contributed by atoms with van der Waals surface area (Å²) in [7, 11) is 1.86. The predicted molar refractivity (Wildman–Crippen MR) is 89.8 cm³/mol. The first-order valence-corrected chi connectivity index (χ1v) is 6.84. The molecule has 0 saturated heterocycles. The molecule has 0 saturated carbocycles. The molecule has 0 fully saturated rings. The van der Waals surface area contributed by atoms with Gasteiger partial charge in [0.05, 0.1) is 0 Å². The van der Waals surface area contributed by atoms with Crippen molar-refractivity contribution in [1.82, 2.24) is 5.32 Å². The molecule has 2 aromatic rings. The molecule has 102 valence electrons. The number of halogens is 1. The molecule has 0 unspecified atom stereocenters. The molecule has 0 aliphatic carbocycles. The van der Waals surface area contributed by atoms with Gasteiger partial charge in [-0.05, 0) is 36.2 Å². The van der Waals surface area contributed by atoms with Crippen molar-refractivity contribution in [3.05, 3.63) is 71.3 Å². The molecule has 0 aliphatic heterocycles. The van der Waals surface area contributed by atoms with Gasteiger partial charge in [0, 0.05) is 28.9 Å². The van der Waals surface area contributed by atoms with Gasteiger partial charge in [0.25, 0.3) is 0 Å². The van der Waals surface area contributed by atoms with Crippen LogP contribution in [0, 0.1) is 6.92 Å². The zero-order chi connectivity index (χ0) is 14.7. The molecular formula is C18H18ClN. The zero-order valence-electron chi connectivity index (χ0n) is 11.8. The monoisotopic (exact) mass is 283 g/mol. The lowest BCUT2D eigenvalue weighted by molar-refractivity contribution is 1.13. The molecule has 0 aliphatic rings. The van der Waals surface area contributed by atoms with E-state index in [9.17, 15) is 0 Å². The minimum atomic E-state index is 0.753. The highest BCUT2D eigenvalue weighted by Gasteiger charge is 2.08. The van der Waals surface area contributed by atoms with E-state index in [4.69, 9.17) is 11.6 Å². The molecule has 0 radical (unpaired) electrons. The Balaban J connectivity index is 2.61. The number of nitrogens with one attached hydrogen (secondary N) is 1. The van der Waals surface area contributed by atoms with E-state index < -0.39 is 0 Å². The fraction of sp³-hybridized carbons (Fsp3) is 0.111. The second kappa shape index (κ2) is 5.98. The Labute approximate surface area is 125 Å². The molecule has 2 rings (SSSR count). The van der Waals surface area contributed by atoms with Gasteiger partial charge in [-0.1, -0.05) is 54.6 Å². The first kappa shape index (κ1) is 14.4. The van der Waals surface area contributed by atoms with E-state index in [1.165, 1.54) is 5.56 Å². The number of rotatable bonds is 4. The van der Waals surface area contributed by atoms with Crippen LogP contribution in [0.4, 0.5) is 0 Å². The molecular weight excluding hydrogens is 266 g/mol. The number of hydrogen-bond acceptors (Lipinski definition) is 1. The molecule has 0 spiro atoms.